The highest BCUT2D eigenvalue weighted by atomic mass is 16.5. The first-order chi connectivity index (χ1) is 15.3. The van der Waals surface area contributed by atoms with Crippen molar-refractivity contribution in [2.24, 2.45) is 11.3 Å². The summed E-state index contributed by atoms with van der Waals surface area (Å²) >= 11 is 0. The average Bonchev–Trinajstić information content (AvgIpc) is 3.23. The zero-order valence-corrected chi connectivity index (χ0v) is 18.5. The number of amides is 1. The van der Waals surface area contributed by atoms with Gasteiger partial charge in [-0.2, -0.15) is 5.26 Å². The molecule has 0 bridgehead atoms. The molecule has 1 saturated carbocycles. The number of nitrogens with one attached hydrogen (secondary N) is 1. The molecule has 0 heterocycles. The highest BCUT2D eigenvalue weighted by Gasteiger charge is 2.44. The van der Waals surface area contributed by atoms with Crippen molar-refractivity contribution in [2.45, 2.75) is 70.9 Å². The SMILES string of the molecule is CCC[C@H](CC1(C(=O)N[C@@H](COCc2ccc(C#N)cc2)CC(=O)O)CCCC1)C(=O)O. The van der Waals surface area contributed by atoms with Gasteiger partial charge in [-0.25, -0.2) is 0 Å². The second kappa shape index (κ2) is 12.2. The molecule has 1 aliphatic carbocycles. The van der Waals surface area contributed by atoms with E-state index in [2.05, 4.69) is 5.32 Å². The van der Waals surface area contributed by atoms with Gasteiger partial charge in [-0.15, -0.1) is 0 Å². The van der Waals surface area contributed by atoms with Gasteiger partial charge in [-0.1, -0.05) is 38.3 Å². The van der Waals surface area contributed by atoms with Gasteiger partial charge in [0.05, 0.1) is 48.6 Å². The van der Waals surface area contributed by atoms with Crippen LogP contribution in [0.1, 0.15) is 69.4 Å². The second-order valence-electron chi connectivity index (χ2n) is 8.61. The Bertz CT molecular complexity index is 824. The summed E-state index contributed by atoms with van der Waals surface area (Å²) in [7, 11) is 0. The van der Waals surface area contributed by atoms with E-state index in [9.17, 15) is 24.6 Å². The van der Waals surface area contributed by atoms with Crippen molar-refractivity contribution in [3.63, 3.8) is 0 Å². The number of aliphatic carboxylic acids is 2. The molecule has 2 rings (SSSR count). The Morgan fingerprint density at radius 1 is 1.19 bits per heavy atom. The molecule has 1 aromatic rings. The highest BCUT2D eigenvalue weighted by Crippen LogP contribution is 2.44. The van der Waals surface area contributed by atoms with Crippen LogP contribution in [0.4, 0.5) is 0 Å². The quantitative estimate of drug-likeness (QED) is 0.423. The molecule has 32 heavy (non-hydrogen) atoms. The molecule has 0 aromatic heterocycles. The number of carboxylic acids is 2. The zero-order chi connectivity index (χ0) is 23.6. The largest absolute Gasteiger partial charge is 0.481 e. The van der Waals surface area contributed by atoms with E-state index in [1.807, 2.05) is 13.0 Å². The fraction of sp³-hybridized carbons (Fsp3) is 0.583. The number of hydrogen-bond acceptors (Lipinski definition) is 5. The molecule has 1 aliphatic rings. The maximum atomic E-state index is 13.2. The molecular weight excluding hydrogens is 412 g/mol. The van der Waals surface area contributed by atoms with Crippen molar-refractivity contribution < 1.29 is 29.3 Å². The summed E-state index contributed by atoms with van der Waals surface area (Å²) in [5.74, 6) is -2.80. The van der Waals surface area contributed by atoms with Gasteiger partial charge in [0, 0.05) is 0 Å². The minimum absolute atomic E-state index is 0.0193. The fourth-order valence-corrected chi connectivity index (χ4v) is 4.40. The molecule has 1 aromatic carbocycles. The van der Waals surface area contributed by atoms with E-state index in [0.717, 1.165) is 24.8 Å². The first-order valence-corrected chi connectivity index (χ1v) is 11.1. The average molecular weight is 445 g/mol. The summed E-state index contributed by atoms with van der Waals surface area (Å²) in [6, 6.07) is 8.19. The highest BCUT2D eigenvalue weighted by molar-refractivity contribution is 5.84. The maximum absolute atomic E-state index is 13.2. The van der Waals surface area contributed by atoms with Crippen molar-refractivity contribution in [2.75, 3.05) is 6.61 Å². The Morgan fingerprint density at radius 3 is 2.38 bits per heavy atom. The van der Waals surface area contributed by atoms with Crippen molar-refractivity contribution in [3.05, 3.63) is 35.4 Å². The molecule has 0 unspecified atom stereocenters. The van der Waals surface area contributed by atoms with Gasteiger partial charge < -0.3 is 20.3 Å². The van der Waals surface area contributed by atoms with E-state index in [1.165, 1.54) is 0 Å². The third-order valence-corrected chi connectivity index (χ3v) is 6.09. The Kier molecular flexibility index (Phi) is 9.66. The van der Waals surface area contributed by atoms with E-state index in [-0.39, 0.29) is 32.0 Å². The topological polar surface area (TPSA) is 137 Å². The molecular formula is C24H32N2O6. The Morgan fingerprint density at radius 2 is 1.84 bits per heavy atom. The molecule has 0 spiro atoms. The van der Waals surface area contributed by atoms with Gasteiger partial charge in [0.1, 0.15) is 0 Å². The Balaban J connectivity index is 2.02. The van der Waals surface area contributed by atoms with E-state index >= 15 is 0 Å². The third kappa shape index (κ3) is 7.34. The predicted octanol–water partition coefficient (Wildman–Crippen LogP) is 3.49. The van der Waals surface area contributed by atoms with Crippen LogP contribution < -0.4 is 5.32 Å². The van der Waals surface area contributed by atoms with Crippen LogP contribution in [0.3, 0.4) is 0 Å². The third-order valence-electron chi connectivity index (χ3n) is 6.09. The summed E-state index contributed by atoms with van der Waals surface area (Å²) in [5.41, 5.74) is 0.595. The number of carbonyl (C=O) groups excluding carboxylic acids is 1. The zero-order valence-electron chi connectivity index (χ0n) is 18.5. The molecule has 174 valence electrons. The lowest BCUT2D eigenvalue weighted by Crippen LogP contribution is -2.48. The summed E-state index contributed by atoms with van der Waals surface area (Å²) in [6.07, 6.45) is 4.14. The predicted molar refractivity (Wildman–Crippen MR) is 117 cm³/mol. The number of carbonyl (C=O) groups is 3. The van der Waals surface area contributed by atoms with Crippen molar-refractivity contribution in [3.8, 4) is 6.07 Å². The van der Waals surface area contributed by atoms with Gasteiger partial charge >= 0.3 is 11.9 Å². The van der Waals surface area contributed by atoms with Gasteiger partial charge in [0.15, 0.2) is 0 Å². The number of hydrogen-bond donors (Lipinski definition) is 3. The minimum atomic E-state index is -1.05. The van der Waals surface area contributed by atoms with E-state index in [4.69, 9.17) is 10.00 Å². The molecule has 2 atom stereocenters. The van der Waals surface area contributed by atoms with E-state index < -0.39 is 29.3 Å². The lowest BCUT2D eigenvalue weighted by atomic mass is 9.75. The number of carboxylic acid groups (broad SMARTS) is 2. The maximum Gasteiger partial charge on any atom is 0.306 e. The van der Waals surface area contributed by atoms with Crippen molar-refractivity contribution >= 4 is 17.8 Å². The molecule has 3 N–H and O–H groups in total. The van der Waals surface area contributed by atoms with Crippen LogP contribution in [0.2, 0.25) is 0 Å². The lowest BCUT2D eigenvalue weighted by Gasteiger charge is -2.32. The molecule has 0 saturated heterocycles. The van der Waals surface area contributed by atoms with Crippen LogP contribution in [0.25, 0.3) is 0 Å². The summed E-state index contributed by atoms with van der Waals surface area (Å²) in [4.78, 5) is 36.3. The van der Waals surface area contributed by atoms with E-state index in [0.29, 0.717) is 24.8 Å². The number of benzene rings is 1. The first-order valence-electron chi connectivity index (χ1n) is 11.1. The van der Waals surface area contributed by atoms with Crippen molar-refractivity contribution in [1.29, 1.82) is 5.26 Å². The number of nitrogens with zero attached hydrogens (tertiary/aromatic N) is 1. The van der Waals surface area contributed by atoms with Crippen LogP contribution >= 0.6 is 0 Å². The molecule has 8 heteroatoms. The minimum Gasteiger partial charge on any atom is -0.481 e. The summed E-state index contributed by atoms with van der Waals surface area (Å²) in [5, 5.41) is 30.5. The first kappa shape index (κ1) is 25.3. The fourth-order valence-electron chi connectivity index (χ4n) is 4.40. The summed E-state index contributed by atoms with van der Waals surface area (Å²) in [6.45, 7) is 2.16. The Hall–Kier alpha value is -2.92. The van der Waals surface area contributed by atoms with Crippen LogP contribution in [0.15, 0.2) is 24.3 Å². The molecule has 1 amide bonds. The van der Waals surface area contributed by atoms with Gasteiger partial charge in [-0.05, 0) is 43.4 Å². The van der Waals surface area contributed by atoms with Gasteiger partial charge in [0.25, 0.3) is 0 Å². The van der Waals surface area contributed by atoms with Gasteiger partial charge in [0.2, 0.25) is 5.91 Å². The number of nitriles is 1. The Labute approximate surface area is 188 Å². The molecule has 8 nitrogen and oxygen atoms in total. The second-order valence-corrected chi connectivity index (χ2v) is 8.61. The number of ether oxygens (including phenoxy) is 1. The smallest absolute Gasteiger partial charge is 0.306 e. The van der Waals surface area contributed by atoms with Crippen LogP contribution in [-0.4, -0.2) is 40.7 Å². The summed E-state index contributed by atoms with van der Waals surface area (Å²) < 4.78 is 5.66. The molecule has 0 radical (unpaired) electrons. The molecule has 0 aliphatic heterocycles. The van der Waals surface area contributed by atoms with Crippen LogP contribution in [-0.2, 0) is 25.7 Å². The van der Waals surface area contributed by atoms with Crippen LogP contribution in [0, 0.1) is 22.7 Å². The normalized spacial score (nSPS) is 16.6. The monoisotopic (exact) mass is 444 g/mol. The lowest BCUT2D eigenvalue weighted by molar-refractivity contribution is -0.144. The van der Waals surface area contributed by atoms with Crippen molar-refractivity contribution in [1.82, 2.24) is 5.32 Å². The number of rotatable bonds is 13. The standard InChI is InChI=1S/C24H32N2O6/c1-2-5-19(22(29)30)13-24(10-3-4-11-24)23(31)26-20(12-21(27)28)16-32-15-18-8-6-17(14-25)7-9-18/h6-9,19-20H,2-5,10-13,15-16H2,1H3,(H,26,31)(H,27,28)(H,29,30)/t19-,20-/m1/s1. The van der Waals surface area contributed by atoms with Gasteiger partial charge in [-0.3, -0.25) is 14.4 Å². The van der Waals surface area contributed by atoms with Crippen LogP contribution in [0.5, 0.6) is 0 Å². The molecule has 1 fully saturated rings. The van der Waals surface area contributed by atoms with E-state index in [1.54, 1.807) is 24.3 Å².